The fourth-order valence-electron chi connectivity index (χ4n) is 3.84. The highest BCUT2D eigenvalue weighted by Crippen LogP contribution is 2.57. The lowest BCUT2D eigenvalue weighted by Crippen LogP contribution is -2.59. The van der Waals surface area contributed by atoms with E-state index in [9.17, 15) is 49.2 Å². The van der Waals surface area contributed by atoms with Crippen molar-refractivity contribution >= 4 is 32.8 Å². The smallest absolute Gasteiger partial charge is 0.280 e. The Kier molecular flexibility index (Phi) is 8.60. The van der Waals surface area contributed by atoms with Crippen LogP contribution in [0.5, 0.6) is 0 Å². The second-order valence-electron chi connectivity index (χ2n) is 8.40. The first kappa shape index (κ1) is 30.1. The zero-order valence-electron chi connectivity index (χ0n) is 19.3. The first-order valence-electron chi connectivity index (χ1n) is 10.8. The minimum absolute atomic E-state index is 0.135. The van der Waals surface area contributed by atoms with E-state index < -0.39 is 89.7 Å². The Labute approximate surface area is 216 Å². The number of anilines is 1. The van der Waals surface area contributed by atoms with Crippen LogP contribution >= 0.6 is 15.6 Å². The van der Waals surface area contributed by atoms with E-state index in [2.05, 4.69) is 28.3 Å². The van der Waals surface area contributed by atoms with Crippen LogP contribution in [0.4, 0.5) is 5.95 Å². The molecule has 0 saturated carbocycles. The number of imidazole rings is 1. The number of hydrogen-bond donors (Lipinski definition) is 8. The molecular weight excluding hydrogens is 580 g/mol. The van der Waals surface area contributed by atoms with E-state index in [-0.39, 0.29) is 17.1 Å². The van der Waals surface area contributed by atoms with Crippen molar-refractivity contribution in [1.29, 1.82) is 0 Å². The fourth-order valence-corrected chi connectivity index (χ4v) is 5.92. The van der Waals surface area contributed by atoms with Crippen molar-refractivity contribution in [3.05, 3.63) is 16.7 Å². The molecule has 0 aliphatic carbocycles. The first-order valence-corrected chi connectivity index (χ1v) is 13.8. The quantitative estimate of drug-likeness (QED) is 0.124. The van der Waals surface area contributed by atoms with E-state index in [1.807, 2.05) is 0 Å². The van der Waals surface area contributed by atoms with Gasteiger partial charge in [-0.1, -0.05) is 0 Å². The first-order chi connectivity index (χ1) is 18.1. The van der Waals surface area contributed by atoms with Crippen LogP contribution in [-0.2, 0) is 32.0 Å². The predicted octanol–water partition coefficient (Wildman–Crippen LogP) is -5.89. The number of aromatic amines is 1. The van der Waals surface area contributed by atoms with Crippen LogP contribution in [0, 0.1) is 0 Å². The minimum atomic E-state index is -5.91. The number of hydrogen-bond acceptors (Lipinski definition) is 19. The van der Waals surface area contributed by atoms with Gasteiger partial charge in [-0.3, -0.25) is 28.0 Å². The molecule has 2 aromatic rings. The van der Waals surface area contributed by atoms with Crippen LogP contribution in [0.2, 0.25) is 0 Å². The molecule has 21 nitrogen and oxygen atoms in total. The lowest BCUT2D eigenvalue weighted by Gasteiger charge is -2.41. The van der Waals surface area contributed by atoms with Gasteiger partial charge in [-0.05, 0) is 0 Å². The van der Waals surface area contributed by atoms with Gasteiger partial charge < -0.3 is 60.2 Å². The number of nitrogens with zero attached hydrogens (tertiary/aromatic N) is 3. The topological polar surface area (TPSA) is 337 Å². The fraction of sp³-hybridized carbons (Fsp3) is 0.688. The summed E-state index contributed by atoms with van der Waals surface area (Å²) >= 11 is 0. The van der Waals surface area contributed by atoms with Gasteiger partial charge in [0, 0.05) is 0 Å². The molecule has 2 aromatic heterocycles. The van der Waals surface area contributed by atoms with Crippen molar-refractivity contribution in [2.24, 2.45) is 0 Å². The highest BCUT2D eigenvalue weighted by molar-refractivity contribution is 7.59. The lowest BCUT2D eigenvalue weighted by atomic mass is 10.00. The number of phosphoric ester groups is 2. The van der Waals surface area contributed by atoms with Gasteiger partial charge in [-0.2, -0.15) is 4.98 Å². The van der Waals surface area contributed by atoms with Crippen LogP contribution < -0.4 is 21.1 Å². The number of aliphatic hydroxyl groups excluding tert-OH is 6. The number of aliphatic hydroxyl groups is 6. The molecule has 220 valence electrons. The van der Waals surface area contributed by atoms with Crippen LogP contribution in [0.15, 0.2) is 11.1 Å². The summed E-state index contributed by atoms with van der Waals surface area (Å²) in [6, 6.07) is 0. The normalized spacial score (nSPS) is 36.6. The SMILES string of the molecule is Nc1nc2c(ncn2[C@@H]2O[C@H](COP(=O)([O-])OP(=O)([O-])O[C@H]3O[C@H](CO)[C@@H](O)[C@@H](O)[C@@H]3O)[C@@H](O)[C@H]2O)c(=O)[nH]1. The minimum Gasteiger partial charge on any atom is -0.756 e. The van der Waals surface area contributed by atoms with Crippen LogP contribution in [-0.4, -0.2) is 112 Å². The Morgan fingerprint density at radius 1 is 1.03 bits per heavy atom. The van der Waals surface area contributed by atoms with Gasteiger partial charge in [-0.15, -0.1) is 0 Å². The number of H-pyrrole nitrogens is 1. The Morgan fingerprint density at radius 3 is 2.36 bits per heavy atom. The molecule has 9 N–H and O–H groups in total. The number of nitrogens with one attached hydrogen (secondary N) is 1. The maximum atomic E-state index is 12.1. The van der Waals surface area contributed by atoms with Gasteiger partial charge in [0.15, 0.2) is 23.7 Å². The number of nitrogens with two attached hydrogens (primary N) is 1. The van der Waals surface area contributed by atoms with E-state index in [4.69, 9.17) is 20.3 Å². The molecule has 11 atom stereocenters. The van der Waals surface area contributed by atoms with E-state index >= 15 is 0 Å². The van der Waals surface area contributed by atoms with Gasteiger partial charge >= 0.3 is 0 Å². The van der Waals surface area contributed by atoms with E-state index in [1.165, 1.54) is 0 Å². The summed E-state index contributed by atoms with van der Waals surface area (Å²) in [5.41, 5.74) is 4.48. The molecule has 0 aromatic carbocycles. The molecule has 23 heteroatoms. The predicted molar refractivity (Wildman–Crippen MR) is 116 cm³/mol. The maximum Gasteiger partial charge on any atom is 0.280 e. The molecule has 0 spiro atoms. The monoisotopic (exact) mass is 603 g/mol. The molecule has 0 amide bonds. The van der Waals surface area contributed by atoms with Crippen molar-refractivity contribution in [3.63, 3.8) is 0 Å². The molecular formula is C16H23N5O16P2-2. The number of rotatable bonds is 9. The third-order valence-electron chi connectivity index (χ3n) is 5.74. The van der Waals surface area contributed by atoms with Crippen molar-refractivity contribution in [2.75, 3.05) is 18.9 Å². The number of phosphoric acid groups is 2. The van der Waals surface area contributed by atoms with E-state index in [0.717, 1.165) is 10.9 Å². The maximum absolute atomic E-state index is 12.1. The zero-order chi connectivity index (χ0) is 28.9. The summed E-state index contributed by atoms with van der Waals surface area (Å²) in [5.74, 6) is -0.292. The second-order valence-corrected chi connectivity index (χ2v) is 11.3. The van der Waals surface area contributed by atoms with Crippen molar-refractivity contribution in [1.82, 2.24) is 19.5 Å². The molecule has 2 saturated heterocycles. The Bertz CT molecular complexity index is 1340. The Morgan fingerprint density at radius 2 is 1.69 bits per heavy atom. The standard InChI is InChI=1S/C16H25N5O16P2/c17-16-19-12-6(13(28)20-16)18-3-21(12)14-10(26)8(24)5(34-14)2-33-38(29,30)37-39(31,32)36-15-11(27)9(25)7(23)4(1-22)35-15/h3-5,7-11,14-15,22-27H,1-2H2,(H,29,30)(H,31,32)(H3,17,19,20,28)/p-2/t4-,5-,7-,8-,9-,10-,11+,14-,15-/m1/s1. The van der Waals surface area contributed by atoms with Gasteiger partial charge in [-0.25, -0.2) is 9.29 Å². The van der Waals surface area contributed by atoms with Gasteiger partial charge in [0.2, 0.25) is 5.95 Å². The van der Waals surface area contributed by atoms with Crippen molar-refractivity contribution < 1.29 is 72.4 Å². The number of fused-ring (bicyclic) bond motifs is 1. The molecule has 0 radical (unpaired) electrons. The number of ether oxygens (including phenoxy) is 2. The highest BCUT2D eigenvalue weighted by atomic mass is 31.3. The van der Waals surface area contributed by atoms with Crippen LogP contribution in [0.3, 0.4) is 0 Å². The van der Waals surface area contributed by atoms with Crippen LogP contribution in [0.25, 0.3) is 11.2 Å². The summed E-state index contributed by atoms with van der Waals surface area (Å²) < 4.78 is 48.1. The van der Waals surface area contributed by atoms with Gasteiger partial charge in [0.1, 0.15) is 42.7 Å². The average molecular weight is 603 g/mol. The molecule has 0 bridgehead atoms. The summed E-state index contributed by atoms with van der Waals surface area (Å²) in [4.78, 5) is 46.1. The molecule has 2 aliphatic heterocycles. The molecule has 2 unspecified atom stereocenters. The zero-order valence-corrected chi connectivity index (χ0v) is 21.1. The molecule has 39 heavy (non-hydrogen) atoms. The summed E-state index contributed by atoms with van der Waals surface area (Å²) in [5, 5.41) is 59.1. The van der Waals surface area contributed by atoms with Gasteiger partial charge in [0.05, 0.1) is 19.5 Å². The van der Waals surface area contributed by atoms with E-state index in [0.29, 0.717) is 0 Å². The van der Waals surface area contributed by atoms with Crippen LogP contribution in [0.1, 0.15) is 6.23 Å². The van der Waals surface area contributed by atoms with E-state index in [1.54, 1.807) is 0 Å². The number of nitrogen functional groups attached to an aromatic ring is 1. The van der Waals surface area contributed by atoms with Gasteiger partial charge in [0.25, 0.3) is 21.2 Å². The molecule has 4 heterocycles. The molecule has 4 rings (SSSR count). The number of aromatic nitrogens is 4. The second kappa shape index (κ2) is 11.2. The lowest BCUT2D eigenvalue weighted by molar-refractivity contribution is -0.305. The summed E-state index contributed by atoms with van der Waals surface area (Å²) in [6.07, 6.45) is -15.5. The Hall–Kier alpha value is -1.91. The average Bonchev–Trinajstić information content (AvgIpc) is 3.38. The third kappa shape index (κ3) is 6.22. The van der Waals surface area contributed by atoms with Crippen molar-refractivity contribution in [2.45, 2.75) is 55.2 Å². The largest absolute Gasteiger partial charge is 0.756 e. The highest BCUT2D eigenvalue weighted by Gasteiger charge is 2.47. The summed E-state index contributed by atoms with van der Waals surface area (Å²) in [6.45, 7) is -2.01. The molecule has 2 fully saturated rings. The summed E-state index contributed by atoms with van der Waals surface area (Å²) in [7, 11) is -11.7. The third-order valence-corrected chi connectivity index (χ3v) is 8.27. The Balaban J connectivity index is 1.39. The molecule has 2 aliphatic rings. The van der Waals surface area contributed by atoms with Crippen molar-refractivity contribution in [3.8, 4) is 0 Å².